The van der Waals surface area contributed by atoms with Gasteiger partial charge in [0.25, 0.3) is 0 Å². The van der Waals surface area contributed by atoms with Crippen molar-refractivity contribution in [1.82, 2.24) is 4.98 Å². The topological polar surface area (TPSA) is 26.0 Å². The van der Waals surface area contributed by atoms with E-state index in [1.54, 1.807) is 0 Å². The predicted molar refractivity (Wildman–Crippen MR) is 160 cm³/mol. The summed E-state index contributed by atoms with van der Waals surface area (Å²) < 4.78 is 7.41. The summed E-state index contributed by atoms with van der Waals surface area (Å²) in [4.78, 5) is 5.04. The van der Waals surface area contributed by atoms with Crippen molar-refractivity contribution in [3.05, 3.63) is 89.0 Å². The van der Waals surface area contributed by atoms with Crippen molar-refractivity contribution in [2.75, 3.05) is 0 Å². The normalized spacial score (nSPS) is 12.4. The van der Waals surface area contributed by atoms with E-state index in [0.717, 1.165) is 28.6 Å². The van der Waals surface area contributed by atoms with Crippen molar-refractivity contribution in [3.8, 4) is 22.4 Å². The van der Waals surface area contributed by atoms with Crippen molar-refractivity contribution in [1.29, 1.82) is 0 Å². The molecule has 0 aliphatic rings. The first-order chi connectivity index (χ1) is 17.7. The highest BCUT2D eigenvalue weighted by Crippen LogP contribution is 2.42. The quantitative estimate of drug-likeness (QED) is 0.239. The number of hydrogen-bond donors (Lipinski definition) is 0. The molecule has 0 atom stereocenters. The molecule has 3 heteroatoms. The minimum Gasteiger partial charge on any atom is -0.446 e. The zero-order valence-electron chi connectivity index (χ0n) is 22.5. The Bertz CT molecular complexity index is 1780. The number of hydrogen-bond acceptors (Lipinski definition) is 3. The summed E-state index contributed by atoms with van der Waals surface area (Å²) in [5.74, 6) is 0.622. The van der Waals surface area contributed by atoms with Crippen molar-refractivity contribution >= 4 is 43.3 Å². The van der Waals surface area contributed by atoms with E-state index in [1.165, 1.54) is 43.1 Å². The maximum atomic E-state index is 6.02. The van der Waals surface area contributed by atoms with Crippen LogP contribution in [-0.4, -0.2) is 4.98 Å². The highest BCUT2D eigenvalue weighted by atomic mass is 32.1. The van der Waals surface area contributed by atoms with Gasteiger partial charge in [-0.05, 0) is 92.9 Å². The largest absolute Gasteiger partial charge is 0.446 e. The van der Waals surface area contributed by atoms with Gasteiger partial charge in [0.2, 0.25) is 5.71 Å². The summed E-state index contributed by atoms with van der Waals surface area (Å²) >= 11 is 1.84. The van der Waals surface area contributed by atoms with Crippen molar-refractivity contribution < 1.29 is 4.42 Å². The molecule has 0 bridgehead atoms. The molecule has 3 aromatic carbocycles. The fourth-order valence-corrected chi connectivity index (χ4v) is 6.53. The molecule has 0 N–H and O–H groups in total. The van der Waals surface area contributed by atoms with Crippen LogP contribution in [0.4, 0.5) is 0 Å². The van der Waals surface area contributed by atoms with Gasteiger partial charge in [0, 0.05) is 15.6 Å². The molecule has 0 aliphatic carbocycles. The second-order valence-electron chi connectivity index (χ2n) is 11.7. The van der Waals surface area contributed by atoms with E-state index in [9.17, 15) is 0 Å². The molecule has 0 radical (unpaired) electrons. The van der Waals surface area contributed by atoms with Crippen LogP contribution in [0.3, 0.4) is 0 Å². The SMILES string of the molecule is Cc1coc2nc(-c3cc(C(C)(C)C)c4ccccc4c3)cc(-c3ccc(CC(C)C)c4sccc34)c12. The third kappa shape index (κ3) is 4.16. The van der Waals surface area contributed by atoms with E-state index in [2.05, 4.69) is 108 Å². The molecule has 6 rings (SSSR count). The summed E-state index contributed by atoms with van der Waals surface area (Å²) in [5, 5.41) is 7.18. The first kappa shape index (κ1) is 23.9. The molecule has 0 amide bonds. The van der Waals surface area contributed by atoms with Gasteiger partial charge in [-0.15, -0.1) is 11.3 Å². The molecule has 2 nitrogen and oxygen atoms in total. The monoisotopic (exact) mass is 503 g/mol. The second kappa shape index (κ2) is 8.85. The third-order valence-corrected chi connectivity index (χ3v) is 8.30. The smallest absolute Gasteiger partial charge is 0.227 e. The molecular weight excluding hydrogens is 470 g/mol. The van der Waals surface area contributed by atoms with E-state index in [4.69, 9.17) is 9.40 Å². The Labute approximate surface area is 223 Å². The summed E-state index contributed by atoms with van der Waals surface area (Å²) in [6.07, 6.45) is 2.93. The number of furan rings is 1. The molecular formula is C34H33NOS. The number of fused-ring (bicyclic) bond motifs is 3. The number of pyridine rings is 1. The number of nitrogens with zero attached hydrogens (tertiary/aromatic N) is 1. The van der Waals surface area contributed by atoms with Crippen LogP contribution in [0.5, 0.6) is 0 Å². The lowest BCUT2D eigenvalue weighted by Crippen LogP contribution is -2.12. The molecule has 0 unspecified atom stereocenters. The van der Waals surface area contributed by atoms with E-state index < -0.39 is 0 Å². The average Bonchev–Trinajstić information content (AvgIpc) is 3.50. The molecule has 37 heavy (non-hydrogen) atoms. The third-order valence-electron chi connectivity index (χ3n) is 7.31. The minimum atomic E-state index is 0.0128. The Balaban J connectivity index is 1.62. The Morgan fingerprint density at radius 3 is 2.51 bits per heavy atom. The molecule has 0 saturated carbocycles. The molecule has 0 saturated heterocycles. The van der Waals surface area contributed by atoms with Gasteiger partial charge in [-0.3, -0.25) is 0 Å². The molecule has 3 aromatic heterocycles. The van der Waals surface area contributed by atoms with E-state index in [1.807, 2.05) is 17.6 Å². The van der Waals surface area contributed by atoms with Gasteiger partial charge in [-0.25, -0.2) is 4.98 Å². The van der Waals surface area contributed by atoms with Gasteiger partial charge in [0.05, 0.1) is 17.3 Å². The van der Waals surface area contributed by atoms with Gasteiger partial charge >= 0.3 is 0 Å². The summed E-state index contributed by atoms with van der Waals surface area (Å²) in [7, 11) is 0. The first-order valence-corrected chi connectivity index (χ1v) is 14.0. The summed E-state index contributed by atoms with van der Waals surface area (Å²) in [5.41, 5.74) is 9.11. The first-order valence-electron chi connectivity index (χ1n) is 13.1. The maximum Gasteiger partial charge on any atom is 0.227 e. The Morgan fingerprint density at radius 2 is 1.73 bits per heavy atom. The van der Waals surface area contributed by atoms with Crippen LogP contribution in [0.2, 0.25) is 0 Å². The lowest BCUT2D eigenvalue weighted by molar-refractivity contribution is 0.596. The molecule has 0 aliphatic heterocycles. The van der Waals surface area contributed by atoms with Crippen LogP contribution >= 0.6 is 11.3 Å². The van der Waals surface area contributed by atoms with Crippen LogP contribution in [0, 0.1) is 12.8 Å². The van der Waals surface area contributed by atoms with E-state index in [0.29, 0.717) is 11.6 Å². The molecule has 186 valence electrons. The Hall–Kier alpha value is -3.43. The Morgan fingerprint density at radius 1 is 0.919 bits per heavy atom. The average molecular weight is 504 g/mol. The van der Waals surface area contributed by atoms with Gasteiger partial charge in [0.15, 0.2) is 0 Å². The highest BCUT2D eigenvalue weighted by molar-refractivity contribution is 7.17. The van der Waals surface area contributed by atoms with Gasteiger partial charge in [-0.2, -0.15) is 0 Å². The van der Waals surface area contributed by atoms with Gasteiger partial charge < -0.3 is 4.42 Å². The second-order valence-corrected chi connectivity index (χ2v) is 12.6. The van der Waals surface area contributed by atoms with Gasteiger partial charge in [-0.1, -0.05) is 71.0 Å². The standard InChI is InChI=1S/C34H33NOS/c1-20(2)15-23-11-12-26(27-13-14-37-32(23)27)28-18-30(35-33-31(28)21(3)19-36-33)24-16-22-9-7-8-10-25(22)29(17-24)34(4,5)6/h7-14,16-20H,15H2,1-6H3. The molecule has 0 fully saturated rings. The van der Waals surface area contributed by atoms with Crippen molar-refractivity contribution in [2.45, 2.75) is 53.4 Å². The fourth-order valence-electron chi connectivity index (χ4n) is 5.59. The minimum absolute atomic E-state index is 0.0128. The van der Waals surface area contributed by atoms with Crippen LogP contribution in [0.25, 0.3) is 54.3 Å². The number of aromatic nitrogens is 1. The van der Waals surface area contributed by atoms with Crippen LogP contribution in [-0.2, 0) is 11.8 Å². The maximum absolute atomic E-state index is 6.02. The zero-order valence-corrected chi connectivity index (χ0v) is 23.3. The predicted octanol–water partition coefficient (Wildman–Crippen LogP) is 10.3. The summed E-state index contributed by atoms with van der Waals surface area (Å²) in [6, 6.07) is 22.4. The fraction of sp³-hybridized carbons (Fsp3) is 0.265. The van der Waals surface area contributed by atoms with E-state index >= 15 is 0 Å². The number of rotatable bonds is 4. The number of aryl methyl sites for hydroxylation is 1. The van der Waals surface area contributed by atoms with Crippen molar-refractivity contribution in [2.24, 2.45) is 5.92 Å². The van der Waals surface area contributed by atoms with Crippen LogP contribution < -0.4 is 0 Å². The van der Waals surface area contributed by atoms with Crippen LogP contribution in [0.1, 0.15) is 51.3 Å². The Kier molecular flexibility index (Phi) is 5.72. The molecule has 0 spiro atoms. The van der Waals surface area contributed by atoms with Crippen LogP contribution in [0.15, 0.2) is 76.7 Å². The van der Waals surface area contributed by atoms with Gasteiger partial charge in [0.1, 0.15) is 0 Å². The van der Waals surface area contributed by atoms with Crippen molar-refractivity contribution in [3.63, 3.8) is 0 Å². The molecule has 3 heterocycles. The number of thiophene rings is 1. The molecule has 6 aromatic rings. The number of benzene rings is 3. The lowest BCUT2D eigenvalue weighted by atomic mass is 9.82. The zero-order chi connectivity index (χ0) is 25.9. The highest BCUT2D eigenvalue weighted by Gasteiger charge is 2.21. The van der Waals surface area contributed by atoms with E-state index in [-0.39, 0.29) is 5.41 Å². The summed E-state index contributed by atoms with van der Waals surface area (Å²) in [6.45, 7) is 13.5. The lowest BCUT2D eigenvalue weighted by Gasteiger charge is -2.23.